The van der Waals surface area contributed by atoms with Gasteiger partial charge < -0.3 is 14.6 Å². The van der Waals surface area contributed by atoms with Gasteiger partial charge in [0.1, 0.15) is 6.54 Å². The second kappa shape index (κ2) is 6.84. The summed E-state index contributed by atoms with van der Waals surface area (Å²) >= 11 is 1.65. The molecule has 6 heteroatoms. The first-order valence-electron chi connectivity index (χ1n) is 7.98. The smallest absolute Gasteiger partial charge is 0.239 e. The number of amides is 1. The molecule has 0 saturated carbocycles. The van der Waals surface area contributed by atoms with E-state index in [-0.39, 0.29) is 5.91 Å². The number of carbonyl (C=O) groups excluding carboxylic acids is 1. The van der Waals surface area contributed by atoms with E-state index in [0.29, 0.717) is 19.0 Å². The van der Waals surface area contributed by atoms with Crippen molar-refractivity contribution in [2.24, 2.45) is 5.92 Å². The van der Waals surface area contributed by atoms with Crippen molar-refractivity contribution in [2.75, 3.05) is 19.8 Å². The second-order valence-corrected chi connectivity index (χ2v) is 7.22. The van der Waals surface area contributed by atoms with E-state index in [9.17, 15) is 4.79 Å². The molecule has 0 radical (unpaired) electrons. The Bertz CT molecular complexity index is 699. The Hall–Kier alpha value is -1.66. The number of hydrogen-bond acceptors (Lipinski definition) is 4. The Labute approximate surface area is 140 Å². The molecule has 2 aromatic rings. The third-order valence-corrected chi connectivity index (χ3v) is 5.16. The topological polar surface area (TPSA) is 56.2 Å². The van der Waals surface area contributed by atoms with E-state index in [1.165, 1.54) is 0 Å². The minimum Gasteiger partial charge on any atom is -0.381 e. The fraction of sp³-hybridized carbons (Fsp3) is 0.529. The van der Waals surface area contributed by atoms with Gasteiger partial charge in [-0.3, -0.25) is 4.79 Å². The molecule has 0 spiro atoms. The number of hydrogen-bond donors (Lipinski definition) is 1. The number of nitrogens with one attached hydrogen (secondary N) is 1. The maximum absolute atomic E-state index is 12.2. The van der Waals surface area contributed by atoms with Gasteiger partial charge in [0, 0.05) is 41.4 Å². The molecule has 0 aromatic carbocycles. The molecule has 1 saturated heterocycles. The molecule has 0 bridgehead atoms. The number of aromatic nitrogens is 2. The molecule has 5 nitrogen and oxygen atoms in total. The van der Waals surface area contributed by atoms with Crippen molar-refractivity contribution in [3.05, 3.63) is 27.8 Å². The van der Waals surface area contributed by atoms with E-state index in [1.807, 2.05) is 13.8 Å². The molecule has 1 unspecified atom stereocenters. The van der Waals surface area contributed by atoms with Gasteiger partial charge in [-0.25, -0.2) is 4.98 Å². The molecule has 1 fully saturated rings. The number of carbonyl (C=O) groups is 1. The zero-order valence-electron chi connectivity index (χ0n) is 13.9. The third-order valence-electron chi connectivity index (χ3n) is 4.38. The van der Waals surface area contributed by atoms with E-state index >= 15 is 0 Å². The van der Waals surface area contributed by atoms with Gasteiger partial charge in [-0.1, -0.05) is 0 Å². The molecule has 0 aliphatic carbocycles. The van der Waals surface area contributed by atoms with Crippen molar-refractivity contribution in [3.8, 4) is 11.3 Å². The van der Waals surface area contributed by atoms with Crippen LogP contribution in [0.3, 0.4) is 0 Å². The highest BCUT2D eigenvalue weighted by atomic mass is 32.1. The lowest BCUT2D eigenvalue weighted by atomic mass is 10.1. The minimum absolute atomic E-state index is 0.0553. The number of ether oxygens (including phenoxy) is 1. The zero-order chi connectivity index (χ0) is 16.4. The highest BCUT2D eigenvalue weighted by molar-refractivity contribution is 7.09. The van der Waals surface area contributed by atoms with Crippen LogP contribution in [0.5, 0.6) is 0 Å². The highest BCUT2D eigenvalue weighted by Gasteiger charge is 2.18. The summed E-state index contributed by atoms with van der Waals surface area (Å²) in [5.41, 5.74) is 4.29. The average molecular weight is 333 g/mol. The molecule has 3 heterocycles. The molecule has 1 amide bonds. The third kappa shape index (κ3) is 3.64. The molecule has 124 valence electrons. The van der Waals surface area contributed by atoms with Gasteiger partial charge >= 0.3 is 0 Å². The van der Waals surface area contributed by atoms with Gasteiger partial charge in [0.2, 0.25) is 5.91 Å². The molecular formula is C17H23N3O2S. The molecule has 1 aliphatic heterocycles. The summed E-state index contributed by atoms with van der Waals surface area (Å²) in [5.74, 6) is 0.513. The van der Waals surface area contributed by atoms with Gasteiger partial charge in [0.25, 0.3) is 0 Å². The maximum Gasteiger partial charge on any atom is 0.239 e. The summed E-state index contributed by atoms with van der Waals surface area (Å²) in [4.78, 5) is 16.8. The van der Waals surface area contributed by atoms with Crippen molar-refractivity contribution >= 4 is 17.2 Å². The van der Waals surface area contributed by atoms with Crippen molar-refractivity contribution in [1.82, 2.24) is 14.9 Å². The van der Waals surface area contributed by atoms with Crippen molar-refractivity contribution in [2.45, 2.75) is 33.7 Å². The fourth-order valence-corrected chi connectivity index (χ4v) is 3.61. The van der Waals surface area contributed by atoms with Crippen LogP contribution in [0.1, 0.15) is 22.8 Å². The first-order valence-corrected chi connectivity index (χ1v) is 8.86. The lowest BCUT2D eigenvalue weighted by Crippen LogP contribution is -2.32. The predicted molar refractivity (Wildman–Crippen MR) is 91.7 cm³/mol. The minimum atomic E-state index is 0.0553. The van der Waals surface area contributed by atoms with Crippen molar-refractivity contribution in [1.29, 1.82) is 0 Å². The monoisotopic (exact) mass is 333 g/mol. The Morgan fingerprint density at radius 3 is 2.96 bits per heavy atom. The summed E-state index contributed by atoms with van der Waals surface area (Å²) in [6.07, 6.45) is 1.04. The first kappa shape index (κ1) is 16.2. The second-order valence-electron chi connectivity index (χ2n) is 6.16. The van der Waals surface area contributed by atoms with Crippen molar-refractivity contribution < 1.29 is 9.53 Å². The molecular weight excluding hydrogens is 310 g/mol. The standard InChI is InChI=1S/C17H23N3O2S/c1-11-6-15(16-10-23-13(3)19-16)12(2)20(11)8-17(21)18-7-14-4-5-22-9-14/h6,10,14H,4-5,7-9H2,1-3H3,(H,18,21). The summed E-state index contributed by atoms with van der Waals surface area (Å²) in [6.45, 7) is 8.73. The number of thiazole rings is 1. The van der Waals surface area contributed by atoms with E-state index in [4.69, 9.17) is 4.74 Å². The SMILES string of the molecule is Cc1nc(-c2cc(C)n(CC(=O)NCC3CCOC3)c2C)cs1. The van der Waals surface area contributed by atoms with Crippen LogP contribution < -0.4 is 5.32 Å². The Balaban J connectivity index is 1.67. The Kier molecular flexibility index (Phi) is 4.82. The molecule has 1 N–H and O–H groups in total. The molecule has 3 rings (SSSR count). The largest absolute Gasteiger partial charge is 0.381 e. The van der Waals surface area contributed by atoms with Gasteiger partial charge in [-0.15, -0.1) is 11.3 Å². The van der Waals surface area contributed by atoms with E-state index in [2.05, 4.69) is 33.2 Å². The molecule has 23 heavy (non-hydrogen) atoms. The lowest BCUT2D eigenvalue weighted by Gasteiger charge is -2.12. The summed E-state index contributed by atoms with van der Waals surface area (Å²) in [5, 5.41) is 6.16. The molecule has 1 aliphatic rings. The van der Waals surface area contributed by atoms with Crippen LogP contribution in [0.25, 0.3) is 11.3 Å². The summed E-state index contributed by atoms with van der Waals surface area (Å²) < 4.78 is 7.40. The van der Waals surface area contributed by atoms with E-state index in [1.54, 1.807) is 11.3 Å². The van der Waals surface area contributed by atoms with Gasteiger partial charge in [-0.05, 0) is 33.3 Å². The van der Waals surface area contributed by atoms with Crippen LogP contribution in [-0.2, 0) is 16.1 Å². The van der Waals surface area contributed by atoms with Crippen LogP contribution >= 0.6 is 11.3 Å². The summed E-state index contributed by atoms with van der Waals surface area (Å²) in [6, 6.07) is 2.11. The number of rotatable bonds is 5. The van der Waals surface area contributed by atoms with Crippen LogP contribution in [0, 0.1) is 26.7 Å². The fourth-order valence-electron chi connectivity index (χ4n) is 2.99. The predicted octanol–water partition coefficient (Wildman–Crippen LogP) is 2.69. The van der Waals surface area contributed by atoms with Crippen molar-refractivity contribution in [3.63, 3.8) is 0 Å². The Morgan fingerprint density at radius 1 is 1.48 bits per heavy atom. The normalized spacial score (nSPS) is 17.6. The van der Waals surface area contributed by atoms with Crippen LogP contribution in [0.2, 0.25) is 0 Å². The zero-order valence-corrected chi connectivity index (χ0v) is 14.7. The van der Waals surface area contributed by atoms with Gasteiger partial charge in [0.15, 0.2) is 0 Å². The van der Waals surface area contributed by atoms with E-state index < -0.39 is 0 Å². The Morgan fingerprint density at radius 2 is 2.30 bits per heavy atom. The first-order chi connectivity index (χ1) is 11.0. The highest BCUT2D eigenvalue weighted by Crippen LogP contribution is 2.27. The van der Waals surface area contributed by atoms with Gasteiger partial charge in [0.05, 0.1) is 17.3 Å². The molecule has 1 atom stereocenters. The van der Waals surface area contributed by atoms with Crippen LogP contribution in [0.4, 0.5) is 0 Å². The van der Waals surface area contributed by atoms with Crippen LogP contribution in [-0.4, -0.2) is 35.2 Å². The molecule has 2 aromatic heterocycles. The lowest BCUT2D eigenvalue weighted by molar-refractivity contribution is -0.121. The quantitative estimate of drug-likeness (QED) is 0.915. The average Bonchev–Trinajstić information content (AvgIpc) is 3.23. The van der Waals surface area contributed by atoms with Crippen LogP contribution in [0.15, 0.2) is 11.4 Å². The van der Waals surface area contributed by atoms with E-state index in [0.717, 1.165) is 47.3 Å². The summed E-state index contributed by atoms with van der Waals surface area (Å²) in [7, 11) is 0. The van der Waals surface area contributed by atoms with Gasteiger partial charge in [-0.2, -0.15) is 0 Å². The number of aryl methyl sites for hydroxylation is 2. The number of nitrogens with zero attached hydrogens (tertiary/aromatic N) is 2. The maximum atomic E-state index is 12.2.